The molecule has 0 aliphatic rings. The van der Waals surface area contributed by atoms with E-state index < -0.39 is 0 Å². The molecule has 5 heteroatoms. The number of aryl methyl sites for hydroxylation is 1. The molecule has 0 saturated heterocycles. The normalized spacial score (nSPS) is 10.9. The van der Waals surface area contributed by atoms with E-state index in [1.807, 2.05) is 24.3 Å². The summed E-state index contributed by atoms with van der Waals surface area (Å²) >= 11 is 0. The smallest absolute Gasteiger partial charge is 0.280 e. The van der Waals surface area contributed by atoms with E-state index in [0.29, 0.717) is 22.5 Å². The van der Waals surface area contributed by atoms with Crippen molar-refractivity contribution in [2.75, 3.05) is 13.0 Å². The van der Waals surface area contributed by atoms with Gasteiger partial charge in [-0.25, -0.2) is 9.66 Å². The number of rotatable bonds is 4. The molecular weight excluding hydrogens is 290 g/mol. The summed E-state index contributed by atoms with van der Waals surface area (Å²) in [5.74, 6) is 7.03. The van der Waals surface area contributed by atoms with Crippen LogP contribution in [0.15, 0.2) is 47.3 Å². The van der Waals surface area contributed by atoms with E-state index in [-0.39, 0.29) is 5.56 Å². The first kappa shape index (κ1) is 15.1. The molecule has 0 aliphatic carbocycles. The van der Waals surface area contributed by atoms with E-state index >= 15 is 0 Å². The molecule has 0 amide bonds. The second-order valence-electron chi connectivity index (χ2n) is 5.44. The molecule has 2 N–H and O–H groups in total. The Bertz CT molecular complexity index is 899. The Labute approximate surface area is 134 Å². The molecule has 5 nitrogen and oxygen atoms in total. The summed E-state index contributed by atoms with van der Waals surface area (Å²) in [5.41, 5.74) is 2.39. The maximum Gasteiger partial charge on any atom is 0.280 e. The Morgan fingerprint density at radius 1 is 1.17 bits per heavy atom. The molecular formula is C18H19N3O2. The zero-order valence-corrected chi connectivity index (χ0v) is 13.2. The molecule has 0 aliphatic heterocycles. The van der Waals surface area contributed by atoms with Gasteiger partial charge in [-0.15, -0.1) is 0 Å². The van der Waals surface area contributed by atoms with Crippen LogP contribution in [0, 0.1) is 0 Å². The van der Waals surface area contributed by atoms with E-state index in [1.54, 1.807) is 25.3 Å². The summed E-state index contributed by atoms with van der Waals surface area (Å²) in [6, 6.07) is 13.2. The van der Waals surface area contributed by atoms with Crippen LogP contribution in [0.5, 0.6) is 5.75 Å². The Balaban J connectivity index is 2.14. The molecule has 0 atom stereocenters. The number of fused-ring (bicyclic) bond motifs is 1. The van der Waals surface area contributed by atoms with Gasteiger partial charge in [0.1, 0.15) is 5.75 Å². The molecule has 23 heavy (non-hydrogen) atoms. The quantitative estimate of drug-likeness (QED) is 0.752. The standard InChI is InChI=1S/C18H19N3O2/c1-3-4-12-5-7-13(8-6-12)17-20-16-10-9-14(23-2)11-15(16)18(22)21(17)19/h5-11H,3-4,19H2,1-2H3. The molecule has 0 bridgehead atoms. The highest BCUT2D eigenvalue weighted by atomic mass is 16.5. The molecule has 0 spiro atoms. The van der Waals surface area contributed by atoms with Crippen LogP contribution in [0.4, 0.5) is 0 Å². The minimum absolute atomic E-state index is 0.290. The SMILES string of the molecule is CCCc1ccc(-c2nc3ccc(OC)cc3c(=O)n2N)cc1. The molecule has 2 aromatic carbocycles. The zero-order valence-electron chi connectivity index (χ0n) is 13.2. The molecule has 3 rings (SSSR count). The summed E-state index contributed by atoms with van der Waals surface area (Å²) in [5, 5.41) is 0.443. The van der Waals surface area contributed by atoms with Crippen molar-refractivity contribution in [2.24, 2.45) is 0 Å². The van der Waals surface area contributed by atoms with Gasteiger partial charge in [0.25, 0.3) is 5.56 Å². The predicted molar refractivity (Wildman–Crippen MR) is 92.1 cm³/mol. The molecule has 0 saturated carbocycles. The van der Waals surface area contributed by atoms with Crippen molar-refractivity contribution in [3.05, 3.63) is 58.4 Å². The van der Waals surface area contributed by atoms with Gasteiger partial charge in [0.2, 0.25) is 0 Å². The third kappa shape index (κ3) is 2.77. The summed E-state index contributed by atoms with van der Waals surface area (Å²) in [4.78, 5) is 17.0. The molecule has 1 heterocycles. The van der Waals surface area contributed by atoms with Crippen molar-refractivity contribution in [3.8, 4) is 17.1 Å². The lowest BCUT2D eigenvalue weighted by Gasteiger charge is -2.10. The number of benzene rings is 2. The summed E-state index contributed by atoms with van der Waals surface area (Å²) < 4.78 is 6.25. The number of methoxy groups -OCH3 is 1. The Morgan fingerprint density at radius 2 is 1.91 bits per heavy atom. The Hall–Kier alpha value is -2.82. The van der Waals surface area contributed by atoms with Crippen LogP contribution in [0.2, 0.25) is 0 Å². The number of aromatic nitrogens is 2. The van der Waals surface area contributed by atoms with Crippen LogP contribution in [-0.4, -0.2) is 16.8 Å². The van der Waals surface area contributed by atoms with Crippen LogP contribution in [0.25, 0.3) is 22.3 Å². The van der Waals surface area contributed by atoms with Crippen molar-refractivity contribution in [3.63, 3.8) is 0 Å². The highest BCUT2D eigenvalue weighted by Crippen LogP contribution is 2.21. The lowest BCUT2D eigenvalue weighted by molar-refractivity contribution is 0.415. The first-order valence-electron chi connectivity index (χ1n) is 7.59. The van der Waals surface area contributed by atoms with Crippen molar-refractivity contribution >= 4 is 10.9 Å². The summed E-state index contributed by atoms with van der Waals surface area (Å²) in [6.45, 7) is 2.14. The number of nitrogens with two attached hydrogens (primary N) is 1. The van der Waals surface area contributed by atoms with Gasteiger partial charge in [0.05, 0.1) is 18.0 Å². The van der Waals surface area contributed by atoms with Gasteiger partial charge < -0.3 is 10.6 Å². The second kappa shape index (κ2) is 6.12. The minimum Gasteiger partial charge on any atom is -0.497 e. The van der Waals surface area contributed by atoms with Crippen molar-refractivity contribution < 1.29 is 4.74 Å². The van der Waals surface area contributed by atoms with E-state index in [9.17, 15) is 4.79 Å². The largest absolute Gasteiger partial charge is 0.497 e. The van der Waals surface area contributed by atoms with Crippen LogP contribution in [0.3, 0.4) is 0 Å². The molecule has 0 fully saturated rings. The van der Waals surface area contributed by atoms with Gasteiger partial charge in [-0.05, 0) is 30.2 Å². The molecule has 0 radical (unpaired) electrons. The van der Waals surface area contributed by atoms with Crippen LogP contribution in [-0.2, 0) is 6.42 Å². The first-order valence-corrected chi connectivity index (χ1v) is 7.59. The van der Waals surface area contributed by atoms with Gasteiger partial charge >= 0.3 is 0 Å². The van der Waals surface area contributed by atoms with Gasteiger partial charge in [-0.1, -0.05) is 37.6 Å². The van der Waals surface area contributed by atoms with Crippen LogP contribution in [0.1, 0.15) is 18.9 Å². The van der Waals surface area contributed by atoms with Crippen molar-refractivity contribution in [2.45, 2.75) is 19.8 Å². The zero-order chi connectivity index (χ0) is 16.4. The third-order valence-electron chi connectivity index (χ3n) is 3.86. The lowest BCUT2D eigenvalue weighted by Crippen LogP contribution is -2.29. The van der Waals surface area contributed by atoms with Crippen LogP contribution < -0.4 is 16.1 Å². The molecule has 0 unspecified atom stereocenters. The molecule has 3 aromatic rings. The average molecular weight is 309 g/mol. The topological polar surface area (TPSA) is 70.1 Å². The number of hydrogen-bond donors (Lipinski definition) is 1. The van der Waals surface area contributed by atoms with Crippen LogP contribution >= 0.6 is 0 Å². The van der Waals surface area contributed by atoms with Crippen molar-refractivity contribution in [1.29, 1.82) is 0 Å². The monoisotopic (exact) mass is 309 g/mol. The first-order chi connectivity index (χ1) is 11.1. The Morgan fingerprint density at radius 3 is 2.57 bits per heavy atom. The maximum atomic E-state index is 12.5. The maximum absolute atomic E-state index is 12.5. The Kier molecular flexibility index (Phi) is 4.02. The highest BCUT2D eigenvalue weighted by molar-refractivity contribution is 5.81. The second-order valence-corrected chi connectivity index (χ2v) is 5.44. The average Bonchev–Trinajstić information content (AvgIpc) is 2.59. The lowest BCUT2D eigenvalue weighted by atomic mass is 10.1. The van der Waals surface area contributed by atoms with E-state index in [0.717, 1.165) is 23.1 Å². The number of nitrogens with zero attached hydrogens (tertiary/aromatic N) is 2. The summed E-state index contributed by atoms with van der Waals surface area (Å²) in [6.07, 6.45) is 2.12. The fourth-order valence-corrected chi connectivity index (χ4v) is 2.62. The predicted octanol–water partition coefficient (Wildman–Crippen LogP) is 2.74. The van der Waals surface area contributed by atoms with Gasteiger partial charge in [-0.2, -0.15) is 0 Å². The number of hydrogen-bond acceptors (Lipinski definition) is 4. The van der Waals surface area contributed by atoms with Gasteiger partial charge in [-0.3, -0.25) is 4.79 Å². The number of nitrogen functional groups attached to an aromatic ring is 1. The van der Waals surface area contributed by atoms with E-state index in [2.05, 4.69) is 11.9 Å². The fraction of sp³-hybridized carbons (Fsp3) is 0.222. The highest BCUT2D eigenvalue weighted by Gasteiger charge is 2.11. The van der Waals surface area contributed by atoms with Gasteiger partial charge in [0, 0.05) is 5.56 Å². The molecule has 1 aromatic heterocycles. The summed E-state index contributed by atoms with van der Waals surface area (Å²) in [7, 11) is 1.56. The number of ether oxygens (including phenoxy) is 1. The molecule has 118 valence electrons. The van der Waals surface area contributed by atoms with Gasteiger partial charge in [0.15, 0.2) is 5.82 Å². The minimum atomic E-state index is -0.290. The van der Waals surface area contributed by atoms with E-state index in [4.69, 9.17) is 10.6 Å². The fourth-order valence-electron chi connectivity index (χ4n) is 2.62. The van der Waals surface area contributed by atoms with E-state index in [1.165, 1.54) is 5.56 Å². The third-order valence-corrected chi connectivity index (χ3v) is 3.86. The van der Waals surface area contributed by atoms with Crippen molar-refractivity contribution in [1.82, 2.24) is 9.66 Å².